The van der Waals surface area contributed by atoms with Gasteiger partial charge in [0, 0.05) is 33.7 Å². The van der Waals surface area contributed by atoms with E-state index in [1.165, 1.54) is 36.9 Å². The van der Waals surface area contributed by atoms with Gasteiger partial charge in [0.2, 0.25) is 0 Å². The number of benzene rings is 1. The number of methoxy groups -OCH3 is 2. The van der Waals surface area contributed by atoms with Crippen molar-refractivity contribution < 1.29 is 22.7 Å². The minimum absolute atomic E-state index is 0.0685. The van der Waals surface area contributed by atoms with Gasteiger partial charge < -0.3 is 14.8 Å². The van der Waals surface area contributed by atoms with E-state index in [-0.39, 0.29) is 11.8 Å². The van der Waals surface area contributed by atoms with Crippen LogP contribution in [-0.2, 0) is 10.2 Å². The zero-order valence-corrected chi connectivity index (χ0v) is 16.5. The molecule has 2 rings (SSSR count). The van der Waals surface area contributed by atoms with Crippen LogP contribution in [0.5, 0.6) is 11.5 Å². The van der Waals surface area contributed by atoms with E-state index in [2.05, 4.69) is 5.32 Å². The summed E-state index contributed by atoms with van der Waals surface area (Å²) in [5, 5.41) is 2.89. The van der Waals surface area contributed by atoms with Gasteiger partial charge in [0.25, 0.3) is 16.1 Å². The maximum absolute atomic E-state index is 12.5. The highest BCUT2D eigenvalue weighted by Gasteiger charge is 2.30. The SMILES string of the molecule is COc1cccc(C(=O)NC[C@@H]2CCCN(S(=O)(=O)N(C)C)C2)c1OC. The Labute approximate surface area is 155 Å². The van der Waals surface area contributed by atoms with Gasteiger partial charge >= 0.3 is 0 Å². The molecule has 9 heteroatoms. The summed E-state index contributed by atoms with van der Waals surface area (Å²) in [4.78, 5) is 12.5. The summed E-state index contributed by atoms with van der Waals surface area (Å²) >= 11 is 0. The topological polar surface area (TPSA) is 88.2 Å². The molecule has 146 valence electrons. The molecule has 8 nitrogen and oxygen atoms in total. The fourth-order valence-electron chi connectivity index (χ4n) is 3.03. The summed E-state index contributed by atoms with van der Waals surface area (Å²) in [6.07, 6.45) is 1.64. The van der Waals surface area contributed by atoms with Crippen LogP contribution in [0.1, 0.15) is 23.2 Å². The van der Waals surface area contributed by atoms with Crippen LogP contribution in [0.2, 0.25) is 0 Å². The van der Waals surface area contributed by atoms with E-state index in [1.807, 2.05) is 0 Å². The van der Waals surface area contributed by atoms with Crippen LogP contribution in [-0.4, -0.2) is 70.9 Å². The van der Waals surface area contributed by atoms with Crippen molar-refractivity contribution in [3.05, 3.63) is 23.8 Å². The van der Waals surface area contributed by atoms with Gasteiger partial charge in [0.15, 0.2) is 11.5 Å². The second-order valence-electron chi connectivity index (χ2n) is 6.41. The van der Waals surface area contributed by atoms with Crippen LogP contribution in [0, 0.1) is 5.92 Å². The number of ether oxygens (including phenoxy) is 2. The zero-order valence-electron chi connectivity index (χ0n) is 15.7. The third-order valence-corrected chi connectivity index (χ3v) is 6.38. The van der Waals surface area contributed by atoms with Gasteiger partial charge in [0.05, 0.1) is 19.8 Å². The number of hydrogen-bond donors (Lipinski definition) is 1. The second-order valence-corrected chi connectivity index (χ2v) is 8.55. The van der Waals surface area contributed by atoms with E-state index in [4.69, 9.17) is 9.47 Å². The molecule has 0 unspecified atom stereocenters. The molecular weight excluding hydrogens is 358 g/mol. The van der Waals surface area contributed by atoms with Crippen LogP contribution >= 0.6 is 0 Å². The molecule has 0 spiro atoms. The number of hydrogen-bond acceptors (Lipinski definition) is 5. The number of para-hydroxylation sites is 1. The fourth-order valence-corrected chi connectivity index (χ4v) is 4.25. The number of amides is 1. The van der Waals surface area contributed by atoms with Crippen LogP contribution in [0.3, 0.4) is 0 Å². The molecule has 1 amide bonds. The molecule has 0 radical (unpaired) electrons. The predicted octanol–water partition coefficient (Wildman–Crippen LogP) is 0.952. The Morgan fingerprint density at radius 1 is 1.31 bits per heavy atom. The van der Waals surface area contributed by atoms with Crippen molar-refractivity contribution in [3.63, 3.8) is 0 Å². The highest BCUT2D eigenvalue weighted by Crippen LogP contribution is 2.30. The first-order valence-electron chi connectivity index (χ1n) is 8.48. The molecule has 1 atom stereocenters. The highest BCUT2D eigenvalue weighted by molar-refractivity contribution is 7.86. The lowest BCUT2D eigenvalue weighted by atomic mass is 9.99. The average Bonchev–Trinajstić information content (AvgIpc) is 2.65. The lowest BCUT2D eigenvalue weighted by Gasteiger charge is -2.33. The van der Waals surface area contributed by atoms with Gasteiger partial charge in [0.1, 0.15) is 0 Å². The van der Waals surface area contributed by atoms with Crippen LogP contribution in [0.25, 0.3) is 0 Å². The van der Waals surface area contributed by atoms with Gasteiger partial charge in [-0.1, -0.05) is 6.07 Å². The third kappa shape index (κ3) is 4.46. The molecule has 1 aromatic carbocycles. The summed E-state index contributed by atoms with van der Waals surface area (Å²) < 4.78 is 37.7. The normalized spacial score (nSPS) is 18.6. The average molecular weight is 385 g/mol. The maximum Gasteiger partial charge on any atom is 0.281 e. The number of nitrogens with zero attached hydrogens (tertiary/aromatic N) is 2. The van der Waals surface area contributed by atoms with E-state index in [0.29, 0.717) is 36.7 Å². The van der Waals surface area contributed by atoms with Crippen molar-refractivity contribution in [2.24, 2.45) is 5.92 Å². The zero-order chi connectivity index (χ0) is 19.3. The first-order chi connectivity index (χ1) is 12.3. The summed E-state index contributed by atoms with van der Waals surface area (Å²) in [6.45, 7) is 1.31. The Hall–Kier alpha value is -1.84. The second kappa shape index (κ2) is 8.70. The monoisotopic (exact) mass is 385 g/mol. The number of nitrogens with one attached hydrogen (secondary N) is 1. The summed E-state index contributed by atoms with van der Waals surface area (Å²) in [6, 6.07) is 5.11. The van der Waals surface area contributed by atoms with Crippen molar-refractivity contribution in [1.29, 1.82) is 0 Å². The number of carbonyl (C=O) groups is 1. The summed E-state index contributed by atoms with van der Waals surface area (Å²) in [5.74, 6) is 0.668. The van der Waals surface area contributed by atoms with Crippen molar-refractivity contribution in [2.45, 2.75) is 12.8 Å². The molecule has 1 aliphatic heterocycles. The largest absolute Gasteiger partial charge is 0.493 e. The van der Waals surface area contributed by atoms with Gasteiger partial charge in [-0.05, 0) is 30.9 Å². The minimum atomic E-state index is -3.43. The Morgan fingerprint density at radius 2 is 2.04 bits per heavy atom. The Balaban J connectivity index is 2.02. The number of piperidine rings is 1. The Morgan fingerprint density at radius 3 is 2.65 bits per heavy atom. The van der Waals surface area contributed by atoms with E-state index >= 15 is 0 Å². The van der Waals surface area contributed by atoms with Gasteiger partial charge in [-0.15, -0.1) is 0 Å². The van der Waals surface area contributed by atoms with E-state index in [1.54, 1.807) is 18.2 Å². The van der Waals surface area contributed by atoms with Crippen LogP contribution in [0.15, 0.2) is 18.2 Å². The molecule has 0 saturated carbocycles. The van der Waals surface area contributed by atoms with E-state index in [0.717, 1.165) is 12.8 Å². The van der Waals surface area contributed by atoms with E-state index < -0.39 is 10.2 Å². The van der Waals surface area contributed by atoms with Gasteiger partial charge in [-0.2, -0.15) is 17.0 Å². The smallest absolute Gasteiger partial charge is 0.281 e. The van der Waals surface area contributed by atoms with Gasteiger partial charge in [-0.25, -0.2) is 0 Å². The molecule has 1 aromatic rings. The molecule has 1 N–H and O–H groups in total. The third-order valence-electron chi connectivity index (χ3n) is 4.47. The number of carbonyl (C=O) groups excluding carboxylic acids is 1. The lowest BCUT2D eigenvalue weighted by molar-refractivity contribution is 0.0937. The maximum atomic E-state index is 12.5. The molecule has 0 aliphatic carbocycles. The van der Waals surface area contributed by atoms with Crippen LogP contribution < -0.4 is 14.8 Å². The molecule has 1 saturated heterocycles. The van der Waals surface area contributed by atoms with Crippen molar-refractivity contribution in [1.82, 2.24) is 13.9 Å². The fraction of sp³-hybridized carbons (Fsp3) is 0.588. The number of rotatable bonds is 7. The van der Waals surface area contributed by atoms with Crippen LogP contribution in [0.4, 0.5) is 0 Å². The molecule has 26 heavy (non-hydrogen) atoms. The molecule has 1 fully saturated rings. The Kier molecular flexibility index (Phi) is 6.85. The van der Waals surface area contributed by atoms with E-state index in [9.17, 15) is 13.2 Å². The molecule has 0 aromatic heterocycles. The predicted molar refractivity (Wildman–Crippen MR) is 98.8 cm³/mol. The summed E-state index contributed by atoms with van der Waals surface area (Å²) in [5.41, 5.74) is 0.389. The molecule has 1 heterocycles. The highest BCUT2D eigenvalue weighted by atomic mass is 32.2. The minimum Gasteiger partial charge on any atom is -0.493 e. The standard InChI is InChI=1S/C17H27N3O5S/c1-19(2)26(22,23)20-10-6-7-13(12-20)11-18-17(21)14-8-5-9-15(24-3)16(14)25-4/h5,8-9,13H,6-7,10-12H2,1-4H3,(H,18,21)/t13-/m0/s1. The first-order valence-corrected chi connectivity index (χ1v) is 9.87. The van der Waals surface area contributed by atoms with Crippen molar-refractivity contribution >= 4 is 16.1 Å². The summed E-state index contributed by atoms with van der Waals surface area (Å²) in [7, 11) is 2.62. The lowest BCUT2D eigenvalue weighted by Crippen LogP contribution is -2.47. The van der Waals surface area contributed by atoms with Crippen molar-refractivity contribution in [2.75, 3.05) is 47.9 Å². The molecule has 1 aliphatic rings. The quantitative estimate of drug-likeness (QED) is 0.755. The van der Waals surface area contributed by atoms with Crippen molar-refractivity contribution in [3.8, 4) is 11.5 Å². The molecular formula is C17H27N3O5S. The first kappa shape index (κ1) is 20.5. The molecule has 0 bridgehead atoms. The Bertz CT molecular complexity index is 736. The van der Waals surface area contributed by atoms with Gasteiger partial charge in [-0.3, -0.25) is 4.79 Å².